The van der Waals surface area contributed by atoms with Gasteiger partial charge in [0.2, 0.25) is 0 Å². The molecule has 0 aliphatic carbocycles. The van der Waals surface area contributed by atoms with Gasteiger partial charge >= 0.3 is 5.97 Å². The SMILES string of the molecule is Cc1cccc(/C=C/c2nc3sc(C(=O)O)cn3c(=O)c2C)c1. The van der Waals surface area contributed by atoms with Crippen molar-refractivity contribution in [3.8, 4) is 0 Å². The lowest BCUT2D eigenvalue weighted by Gasteiger charge is -2.01. The van der Waals surface area contributed by atoms with Crippen molar-refractivity contribution >= 4 is 34.4 Å². The monoisotopic (exact) mass is 326 g/mol. The highest BCUT2D eigenvalue weighted by Gasteiger charge is 2.13. The summed E-state index contributed by atoms with van der Waals surface area (Å²) in [5.74, 6) is -1.06. The van der Waals surface area contributed by atoms with Gasteiger partial charge in [-0.15, -0.1) is 0 Å². The molecule has 6 heteroatoms. The van der Waals surface area contributed by atoms with Crippen LogP contribution in [0.15, 0.2) is 35.3 Å². The number of aryl methyl sites for hydroxylation is 1. The number of hydrogen-bond donors (Lipinski definition) is 1. The predicted octanol–water partition coefficient (Wildman–Crippen LogP) is 3.24. The summed E-state index contributed by atoms with van der Waals surface area (Å²) in [6.45, 7) is 3.70. The second-order valence-corrected chi connectivity index (χ2v) is 6.24. The van der Waals surface area contributed by atoms with E-state index in [0.717, 1.165) is 22.5 Å². The maximum absolute atomic E-state index is 12.4. The van der Waals surface area contributed by atoms with Crippen molar-refractivity contribution < 1.29 is 9.90 Å². The van der Waals surface area contributed by atoms with Gasteiger partial charge in [-0.05, 0) is 25.5 Å². The third-order valence-corrected chi connectivity index (χ3v) is 4.45. The molecular weight excluding hydrogens is 312 g/mol. The first kappa shape index (κ1) is 15.2. The van der Waals surface area contributed by atoms with Gasteiger partial charge in [-0.25, -0.2) is 9.78 Å². The van der Waals surface area contributed by atoms with E-state index in [2.05, 4.69) is 4.98 Å². The van der Waals surface area contributed by atoms with E-state index in [4.69, 9.17) is 5.11 Å². The minimum absolute atomic E-state index is 0.0915. The Morgan fingerprint density at radius 1 is 1.30 bits per heavy atom. The second-order valence-electron chi connectivity index (χ2n) is 5.23. The molecule has 0 saturated carbocycles. The number of nitrogens with zero attached hydrogens (tertiary/aromatic N) is 2. The highest BCUT2D eigenvalue weighted by Crippen LogP contribution is 2.17. The molecule has 0 radical (unpaired) electrons. The van der Waals surface area contributed by atoms with Gasteiger partial charge in [0.25, 0.3) is 5.56 Å². The molecule has 0 fully saturated rings. The first-order valence-corrected chi connectivity index (χ1v) is 7.78. The van der Waals surface area contributed by atoms with Crippen molar-refractivity contribution in [2.45, 2.75) is 13.8 Å². The summed E-state index contributed by atoms with van der Waals surface area (Å²) in [4.78, 5) is 28.3. The molecule has 3 aromatic rings. The lowest BCUT2D eigenvalue weighted by atomic mass is 10.1. The van der Waals surface area contributed by atoms with E-state index in [-0.39, 0.29) is 10.4 Å². The Morgan fingerprint density at radius 3 is 2.78 bits per heavy atom. The zero-order valence-corrected chi connectivity index (χ0v) is 13.4. The fraction of sp³-hybridized carbons (Fsp3) is 0.118. The summed E-state index contributed by atoms with van der Waals surface area (Å²) < 4.78 is 1.29. The van der Waals surface area contributed by atoms with Gasteiger partial charge in [0.15, 0.2) is 4.96 Å². The number of rotatable bonds is 3. The van der Waals surface area contributed by atoms with Crippen molar-refractivity contribution in [1.29, 1.82) is 0 Å². The Hall–Kier alpha value is -2.73. The number of carbonyl (C=O) groups is 1. The summed E-state index contributed by atoms with van der Waals surface area (Å²) in [5, 5.41) is 9.05. The Balaban J connectivity index is 2.09. The maximum Gasteiger partial charge on any atom is 0.347 e. The minimum Gasteiger partial charge on any atom is -0.477 e. The predicted molar refractivity (Wildman–Crippen MR) is 91.1 cm³/mol. The topological polar surface area (TPSA) is 71.7 Å². The van der Waals surface area contributed by atoms with Crippen LogP contribution in [0.1, 0.15) is 32.1 Å². The molecule has 0 unspecified atom stereocenters. The van der Waals surface area contributed by atoms with Crippen molar-refractivity contribution in [2.75, 3.05) is 0 Å². The van der Waals surface area contributed by atoms with Gasteiger partial charge in [-0.3, -0.25) is 9.20 Å². The normalized spacial score (nSPS) is 11.4. The van der Waals surface area contributed by atoms with E-state index in [1.54, 1.807) is 13.0 Å². The largest absolute Gasteiger partial charge is 0.477 e. The first-order valence-electron chi connectivity index (χ1n) is 6.96. The smallest absolute Gasteiger partial charge is 0.347 e. The average molecular weight is 326 g/mol. The molecule has 5 nitrogen and oxygen atoms in total. The number of thiazole rings is 1. The Morgan fingerprint density at radius 2 is 2.09 bits per heavy atom. The van der Waals surface area contributed by atoms with Crippen LogP contribution in [0.5, 0.6) is 0 Å². The molecule has 23 heavy (non-hydrogen) atoms. The van der Waals surface area contributed by atoms with E-state index in [1.165, 1.54) is 10.6 Å². The Kier molecular flexibility index (Phi) is 3.83. The summed E-state index contributed by atoms with van der Waals surface area (Å²) in [7, 11) is 0. The number of aromatic nitrogens is 2. The van der Waals surface area contributed by atoms with Crippen LogP contribution < -0.4 is 5.56 Å². The number of fused-ring (bicyclic) bond motifs is 1. The fourth-order valence-electron chi connectivity index (χ4n) is 2.26. The van der Waals surface area contributed by atoms with E-state index >= 15 is 0 Å². The molecule has 0 amide bonds. The quantitative estimate of drug-likeness (QED) is 0.802. The van der Waals surface area contributed by atoms with Gasteiger partial charge in [-0.1, -0.05) is 47.2 Å². The van der Waals surface area contributed by atoms with Gasteiger partial charge in [0.05, 0.1) is 5.69 Å². The van der Waals surface area contributed by atoms with E-state index in [0.29, 0.717) is 16.2 Å². The van der Waals surface area contributed by atoms with Crippen LogP contribution >= 0.6 is 11.3 Å². The van der Waals surface area contributed by atoms with Crippen LogP contribution in [0.25, 0.3) is 17.1 Å². The molecule has 116 valence electrons. The van der Waals surface area contributed by atoms with Crippen molar-refractivity contribution in [1.82, 2.24) is 9.38 Å². The molecule has 0 saturated heterocycles. The highest BCUT2D eigenvalue weighted by atomic mass is 32.1. The number of hydrogen-bond acceptors (Lipinski definition) is 4. The molecule has 0 spiro atoms. The summed E-state index contributed by atoms with van der Waals surface area (Å²) in [6.07, 6.45) is 4.99. The van der Waals surface area contributed by atoms with Crippen LogP contribution in [-0.4, -0.2) is 20.5 Å². The van der Waals surface area contributed by atoms with Crippen LogP contribution in [0.3, 0.4) is 0 Å². The zero-order chi connectivity index (χ0) is 16.6. The minimum atomic E-state index is -1.06. The third kappa shape index (κ3) is 2.93. The molecule has 1 aromatic carbocycles. The lowest BCUT2D eigenvalue weighted by molar-refractivity contribution is 0.0701. The lowest BCUT2D eigenvalue weighted by Crippen LogP contribution is -2.17. The van der Waals surface area contributed by atoms with Crippen LogP contribution in [0, 0.1) is 13.8 Å². The molecule has 0 atom stereocenters. The van der Waals surface area contributed by atoms with Gasteiger partial charge in [-0.2, -0.15) is 0 Å². The van der Waals surface area contributed by atoms with Crippen molar-refractivity contribution in [2.24, 2.45) is 0 Å². The van der Waals surface area contributed by atoms with Crippen LogP contribution in [0.2, 0.25) is 0 Å². The van der Waals surface area contributed by atoms with Crippen molar-refractivity contribution in [3.05, 3.63) is 68.1 Å². The zero-order valence-electron chi connectivity index (χ0n) is 12.6. The molecule has 0 aliphatic rings. The third-order valence-electron chi connectivity index (χ3n) is 3.48. The summed E-state index contributed by atoms with van der Waals surface area (Å²) in [5.41, 5.74) is 2.96. The molecule has 2 aromatic heterocycles. The molecule has 0 aliphatic heterocycles. The maximum atomic E-state index is 12.4. The molecule has 0 bridgehead atoms. The average Bonchev–Trinajstić information content (AvgIpc) is 2.94. The summed E-state index contributed by atoms with van der Waals surface area (Å²) in [6, 6.07) is 7.98. The van der Waals surface area contributed by atoms with E-state index < -0.39 is 5.97 Å². The number of carboxylic acids is 1. The number of aromatic carboxylic acids is 1. The molecule has 3 rings (SSSR count). The fourth-order valence-corrected chi connectivity index (χ4v) is 3.08. The number of benzene rings is 1. The molecular formula is C17H14N2O3S. The number of carboxylic acid groups (broad SMARTS) is 1. The van der Waals surface area contributed by atoms with Crippen LogP contribution in [0.4, 0.5) is 0 Å². The van der Waals surface area contributed by atoms with E-state index in [9.17, 15) is 9.59 Å². The van der Waals surface area contributed by atoms with Gasteiger partial charge in [0, 0.05) is 11.8 Å². The molecule has 1 N–H and O–H groups in total. The van der Waals surface area contributed by atoms with E-state index in [1.807, 2.05) is 37.3 Å². The standard InChI is InChI=1S/C17H14N2O3S/c1-10-4-3-5-12(8-10)6-7-13-11(2)15(20)19-9-14(16(21)22)23-17(19)18-13/h3-9H,1-2H3,(H,21,22)/b7-6+. The summed E-state index contributed by atoms with van der Waals surface area (Å²) >= 11 is 0.985. The highest BCUT2D eigenvalue weighted by molar-refractivity contribution is 7.18. The van der Waals surface area contributed by atoms with Crippen molar-refractivity contribution in [3.63, 3.8) is 0 Å². The second kappa shape index (κ2) is 5.81. The Bertz CT molecular complexity index is 999. The Labute approximate surface area is 136 Å². The first-order chi connectivity index (χ1) is 11.0. The molecule has 2 heterocycles. The van der Waals surface area contributed by atoms with Gasteiger partial charge < -0.3 is 5.11 Å². The van der Waals surface area contributed by atoms with Crippen LogP contribution in [-0.2, 0) is 0 Å². The van der Waals surface area contributed by atoms with Gasteiger partial charge in [0.1, 0.15) is 4.88 Å².